The minimum absolute atomic E-state index is 0.599. The Hall–Kier alpha value is -0.790. The molecular weight excluding hydrogens is 340 g/mol. The van der Waals surface area contributed by atoms with Gasteiger partial charge in [-0.05, 0) is 19.8 Å². The molecule has 0 aliphatic carbocycles. The smallest absolute Gasteiger partial charge is 0.111 e. The monoisotopic (exact) mass is 390 g/mol. The second-order valence-corrected chi connectivity index (χ2v) is 9.07. The zero-order valence-corrected chi connectivity index (χ0v) is 19.8. The van der Waals surface area contributed by atoms with Gasteiger partial charge in [-0.3, -0.25) is 0 Å². The first-order chi connectivity index (χ1) is 13.7. The van der Waals surface area contributed by atoms with E-state index in [9.17, 15) is 0 Å². The van der Waals surface area contributed by atoms with Crippen LogP contribution in [0, 0.1) is 6.92 Å². The number of imidazole rings is 1. The summed E-state index contributed by atoms with van der Waals surface area (Å²) in [5, 5.41) is 0. The molecule has 0 radical (unpaired) electrons. The Morgan fingerprint density at radius 1 is 0.714 bits per heavy atom. The van der Waals surface area contributed by atoms with Gasteiger partial charge in [0.1, 0.15) is 5.82 Å². The molecule has 1 aromatic heterocycles. The minimum Gasteiger partial charge on any atom is -0.334 e. The molecule has 0 saturated heterocycles. The van der Waals surface area contributed by atoms with Crippen LogP contribution in [0.4, 0.5) is 0 Å². The van der Waals surface area contributed by atoms with Crippen LogP contribution in [0.2, 0.25) is 0 Å². The van der Waals surface area contributed by atoms with E-state index in [0.29, 0.717) is 5.92 Å². The van der Waals surface area contributed by atoms with E-state index in [2.05, 4.69) is 38.5 Å². The van der Waals surface area contributed by atoms with Crippen molar-refractivity contribution in [3.8, 4) is 0 Å². The molecule has 1 unspecified atom stereocenters. The van der Waals surface area contributed by atoms with Crippen molar-refractivity contribution in [3.05, 3.63) is 17.7 Å². The van der Waals surface area contributed by atoms with Crippen molar-refractivity contribution in [1.82, 2.24) is 9.55 Å². The highest BCUT2D eigenvalue weighted by Crippen LogP contribution is 2.22. The molecule has 2 nitrogen and oxygen atoms in total. The Bertz CT molecular complexity index is 463. The maximum Gasteiger partial charge on any atom is 0.111 e. The first-order valence-electron chi connectivity index (χ1n) is 12.7. The molecule has 1 heterocycles. The van der Waals surface area contributed by atoms with E-state index >= 15 is 0 Å². The van der Waals surface area contributed by atoms with Gasteiger partial charge in [-0.1, -0.05) is 117 Å². The van der Waals surface area contributed by atoms with E-state index in [4.69, 9.17) is 4.98 Å². The number of rotatable bonds is 19. The Kier molecular flexibility index (Phi) is 15.4. The predicted octanol–water partition coefficient (Wildman–Crippen LogP) is 8.97. The molecule has 0 fully saturated rings. The number of aromatic nitrogens is 2. The standard InChI is InChI=1S/C26H50N2/c1-5-7-8-9-10-11-12-13-14-15-16-17-18-19-20-21-24(3)26-27-25(4)23-28(26)22-6-2/h23-24H,5-22H2,1-4H3. The molecule has 28 heavy (non-hydrogen) atoms. The topological polar surface area (TPSA) is 17.8 Å². The molecule has 0 amide bonds. The van der Waals surface area contributed by atoms with Gasteiger partial charge in [0, 0.05) is 18.7 Å². The summed E-state index contributed by atoms with van der Waals surface area (Å²) in [6.45, 7) is 10.1. The fourth-order valence-corrected chi connectivity index (χ4v) is 4.33. The third-order valence-corrected chi connectivity index (χ3v) is 6.07. The van der Waals surface area contributed by atoms with E-state index in [0.717, 1.165) is 6.54 Å². The molecule has 1 atom stereocenters. The van der Waals surface area contributed by atoms with Gasteiger partial charge in [0.15, 0.2) is 0 Å². The number of nitrogens with zero attached hydrogens (tertiary/aromatic N) is 2. The van der Waals surface area contributed by atoms with E-state index < -0.39 is 0 Å². The molecule has 0 aliphatic heterocycles. The van der Waals surface area contributed by atoms with Crippen molar-refractivity contribution >= 4 is 0 Å². The van der Waals surface area contributed by atoms with Gasteiger partial charge in [0.05, 0.1) is 5.69 Å². The van der Waals surface area contributed by atoms with Crippen LogP contribution in [-0.4, -0.2) is 9.55 Å². The summed E-state index contributed by atoms with van der Waals surface area (Å²) in [7, 11) is 0. The summed E-state index contributed by atoms with van der Waals surface area (Å²) in [4.78, 5) is 4.78. The van der Waals surface area contributed by atoms with Gasteiger partial charge in [0.2, 0.25) is 0 Å². The normalized spacial score (nSPS) is 12.6. The molecule has 1 rings (SSSR count). The van der Waals surface area contributed by atoms with Crippen LogP contribution in [0.3, 0.4) is 0 Å². The zero-order valence-electron chi connectivity index (χ0n) is 19.8. The summed E-state index contributed by atoms with van der Waals surface area (Å²) >= 11 is 0. The first-order valence-corrected chi connectivity index (χ1v) is 12.7. The molecule has 1 aromatic rings. The lowest BCUT2D eigenvalue weighted by molar-refractivity contribution is 0.508. The van der Waals surface area contributed by atoms with Crippen molar-refractivity contribution in [1.29, 1.82) is 0 Å². The quantitative estimate of drug-likeness (QED) is 0.215. The second-order valence-electron chi connectivity index (χ2n) is 9.07. The predicted molar refractivity (Wildman–Crippen MR) is 125 cm³/mol. The van der Waals surface area contributed by atoms with Crippen LogP contribution in [0.5, 0.6) is 0 Å². The molecule has 0 saturated carbocycles. The lowest BCUT2D eigenvalue weighted by Crippen LogP contribution is -2.06. The molecular formula is C26H50N2. The molecule has 0 bridgehead atoms. The van der Waals surface area contributed by atoms with Crippen molar-refractivity contribution in [2.75, 3.05) is 0 Å². The second kappa shape index (κ2) is 17.1. The van der Waals surface area contributed by atoms with Crippen LogP contribution < -0.4 is 0 Å². The SMILES string of the molecule is CCCCCCCCCCCCCCCCCC(C)c1nc(C)cn1CCC. The zero-order chi connectivity index (χ0) is 20.5. The molecule has 2 heteroatoms. The van der Waals surface area contributed by atoms with Crippen molar-refractivity contribution in [2.24, 2.45) is 0 Å². The Morgan fingerprint density at radius 2 is 1.18 bits per heavy atom. The number of hydrogen-bond donors (Lipinski definition) is 0. The summed E-state index contributed by atoms with van der Waals surface area (Å²) < 4.78 is 2.38. The average molecular weight is 391 g/mol. The lowest BCUT2D eigenvalue weighted by Gasteiger charge is -2.13. The third kappa shape index (κ3) is 11.9. The van der Waals surface area contributed by atoms with Crippen LogP contribution >= 0.6 is 0 Å². The summed E-state index contributed by atoms with van der Waals surface area (Å²) in [5.74, 6) is 1.91. The van der Waals surface area contributed by atoms with Crippen molar-refractivity contribution in [3.63, 3.8) is 0 Å². The molecule has 0 N–H and O–H groups in total. The largest absolute Gasteiger partial charge is 0.334 e. The first kappa shape index (κ1) is 25.2. The lowest BCUT2D eigenvalue weighted by atomic mass is 10.0. The average Bonchev–Trinajstić information content (AvgIpc) is 3.05. The number of unbranched alkanes of at least 4 members (excludes halogenated alkanes) is 14. The van der Waals surface area contributed by atoms with Crippen molar-refractivity contribution in [2.45, 2.75) is 149 Å². The van der Waals surface area contributed by atoms with Crippen LogP contribution in [0.15, 0.2) is 6.20 Å². The summed E-state index contributed by atoms with van der Waals surface area (Å²) in [6.07, 6.45) is 26.3. The fourth-order valence-electron chi connectivity index (χ4n) is 4.33. The van der Waals surface area contributed by atoms with E-state index in [1.54, 1.807) is 0 Å². The van der Waals surface area contributed by atoms with E-state index in [1.807, 2.05) is 0 Å². The number of hydrogen-bond acceptors (Lipinski definition) is 1. The fraction of sp³-hybridized carbons (Fsp3) is 0.885. The van der Waals surface area contributed by atoms with Crippen LogP contribution in [0.1, 0.15) is 147 Å². The van der Waals surface area contributed by atoms with Crippen LogP contribution in [0.25, 0.3) is 0 Å². The third-order valence-electron chi connectivity index (χ3n) is 6.07. The van der Waals surface area contributed by atoms with Gasteiger partial charge in [0.25, 0.3) is 0 Å². The minimum atomic E-state index is 0.599. The van der Waals surface area contributed by atoms with Gasteiger partial charge < -0.3 is 4.57 Å². The molecule has 0 spiro atoms. The van der Waals surface area contributed by atoms with E-state index in [1.165, 1.54) is 121 Å². The highest BCUT2D eigenvalue weighted by Gasteiger charge is 2.12. The summed E-state index contributed by atoms with van der Waals surface area (Å²) in [6, 6.07) is 0. The Morgan fingerprint density at radius 3 is 1.64 bits per heavy atom. The maximum atomic E-state index is 4.78. The van der Waals surface area contributed by atoms with Crippen molar-refractivity contribution < 1.29 is 0 Å². The van der Waals surface area contributed by atoms with E-state index in [-0.39, 0.29) is 0 Å². The molecule has 0 aliphatic rings. The maximum absolute atomic E-state index is 4.78. The van der Waals surface area contributed by atoms with Gasteiger partial charge in [-0.2, -0.15) is 0 Å². The van der Waals surface area contributed by atoms with Gasteiger partial charge in [-0.15, -0.1) is 0 Å². The molecule has 164 valence electrons. The Labute approximate surface area is 176 Å². The van der Waals surface area contributed by atoms with Gasteiger partial charge in [-0.25, -0.2) is 4.98 Å². The van der Waals surface area contributed by atoms with Gasteiger partial charge >= 0.3 is 0 Å². The highest BCUT2D eigenvalue weighted by atomic mass is 15.1. The summed E-state index contributed by atoms with van der Waals surface area (Å²) in [5.41, 5.74) is 1.17. The number of aryl methyl sites for hydroxylation is 2. The van der Waals surface area contributed by atoms with Crippen LogP contribution in [-0.2, 0) is 6.54 Å². The molecule has 0 aromatic carbocycles. The Balaban J connectivity index is 1.91. The highest BCUT2D eigenvalue weighted by molar-refractivity contribution is 5.06.